The van der Waals surface area contributed by atoms with E-state index in [9.17, 15) is 14.8 Å². The van der Waals surface area contributed by atoms with E-state index in [1.807, 2.05) is 0 Å². The Morgan fingerprint density at radius 3 is 2.09 bits per heavy atom. The first-order chi connectivity index (χ1) is 15.2. The molecule has 2 aromatic rings. The Labute approximate surface area is 186 Å². The van der Waals surface area contributed by atoms with Gasteiger partial charge in [0.2, 0.25) is 0 Å². The Bertz CT molecular complexity index is 893. The van der Waals surface area contributed by atoms with Gasteiger partial charge in [-0.3, -0.25) is 4.52 Å². The van der Waals surface area contributed by atoms with E-state index in [0.29, 0.717) is 11.5 Å². The molecule has 0 unspecified atom stereocenters. The quantitative estimate of drug-likeness (QED) is 0.567. The minimum absolute atomic E-state index is 0.0189. The molecule has 2 fully saturated rings. The van der Waals surface area contributed by atoms with Crippen LogP contribution in [-0.4, -0.2) is 59.7 Å². The second-order valence-corrected chi connectivity index (χ2v) is 9.67. The van der Waals surface area contributed by atoms with Gasteiger partial charge in [-0.2, -0.15) is 0 Å². The molecular weight excluding hydrogens is 439 g/mol. The molecule has 2 saturated heterocycles. The summed E-state index contributed by atoms with van der Waals surface area (Å²) in [5.74, 6) is -0.398. The summed E-state index contributed by atoms with van der Waals surface area (Å²) >= 11 is 0. The normalized spacial score (nSPS) is 29.3. The van der Waals surface area contributed by atoms with Gasteiger partial charge in [-0.1, -0.05) is 36.4 Å². The van der Waals surface area contributed by atoms with Crippen molar-refractivity contribution in [2.24, 2.45) is 0 Å². The van der Waals surface area contributed by atoms with E-state index in [1.165, 1.54) is 0 Å². The number of benzene rings is 2. The zero-order valence-electron chi connectivity index (χ0n) is 17.8. The maximum atomic E-state index is 13.6. The monoisotopic (exact) mass is 466 g/mol. The molecule has 2 aliphatic rings. The fourth-order valence-electron chi connectivity index (χ4n) is 3.66. The number of rotatable bonds is 8. The molecule has 0 aromatic heterocycles. The standard InChI is InChI=1S/C22H27O9P/c1-21(2)26-14-22(20(29-21)19(24)18(13-23)28-22)15-27-32(25,30-16-9-5-3-6-10-16)31-17-11-7-4-8-12-17/h3-12,18-20,23-24H,13-15H2,1-2H3/t18-,19-,20+,22-/m1/s1. The van der Waals surface area contributed by atoms with E-state index in [2.05, 4.69) is 0 Å². The van der Waals surface area contributed by atoms with Crippen molar-refractivity contribution in [2.75, 3.05) is 19.8 Å². The van der Waals surface area contributed by atoms with Gasteiger partial charge in [0.25, 0.3) is 0 Å². The summed E-state index contributed by atoms with van der Waals surface area (Å²) in [6, 6.07) is 17.0. The van der Waals surface area contributed by atoms with Crippen LogP contribution in [0, 0.1) is 0 Å². The van der Waals surface area contributed by atoms with E-state index < -0.39 is 44.1 Å². The second-order valence-electron chi connectivity index (χ2n) is 8.15. The number of hydrogen-bond acceptors (Lipinski definition) is 9. The number of ether oxygens (including phenoxy) is 3. The molecule has 10 heteroatoms. The van der Waals surface area contributed by atoms with Crippen LogP contribution < -0.4 is 9.05 Å². The van der Waals surface area contributed by atoms with Crippen molar-refractivity contribution < 1.29 is 42.6 Å². The predicted octanol–water partition coefficient (Wildman–Crippen LogP) is 2.91. The SMILES string of the molecule is CC1(C)OC[C@]2(COP(=O)(Oc3ccccc3)Oc3ccccc3)O[C@H](CO)[C@@H](O)[C@@H]2O1. The first kappa shape index (κ1) is 23.2. The van der Waals surface area contributed by atoms with Crippen molar-refractivity contribution in [3.8, 4) is 11.5 Å². The molecule has 0 amide bonds. The van der Waals surface area contributed by atoms with Gasteiger partial charge in [-0.05, 0) is 38.1 Å². The van der Waals surface area contributed by atoms with E-state index in [-0.39, 0.29) is 13.2 Å². The van der Waals surface area contributed by atoms with Crippen LogP contribution in [0.1, 0.15) is 13.8 Å². The van der Waals surface area contributed by atoms with Gasteiger partial charge in [-0.15, -0.1) is 0 Å². The molecule has 0 saturated carbocycles. The van der Waals surface area contributed by atoms with Crippen LogP contribution in [0.4, 0.5) is 0 Å². The highest BCUT2D eigenvalue weighted by atomic mass is 31.2. The molecule has 2 aliphatic heterocycles. The minimum Gasteiger partial charge on any atom is -0.395 e. The summed E-state index contributed by atoms with van der Waals surface area (Å²) in [7, 11) is -4.20. The highest BCUT2D eigenvalue weighted by Crippen LogP contribution is 2.52. The summed E-state index contributed by atoms with van der Waals surface area (Å²) in [5.41, 5.74) is -1.32. The largest absolute Gasteiger partial charge is 0.587 e. The lowest BCUT2D eigenvalue weighted by atomic mass is 9.94. The number of phosphoric acid groups is 1. The maximum absolute atomic E-state index is 13.6. The van der Waals surface area contributed by atoms with Gasteiger partial charge in [0, 0.05) is 0 Å². The smallest absolute Gasteiger partial charge is 0.395 e. The van der Waals surface area contributed by atoms with Crippen molar-refractivity contribution in [1.29, 1.82) is 0 Å². The fourth-order valence-corrected chi connectivity index (χ4v) is 4.94. The van der Waals surface area contributed by atoms with Crippen molar-refractivity contribution in [1.82, 2.24) is 0 Å². The molecule has 0 bridgehead atoms. The fraction of sp³-hybridized carbons (Fsp3) is 0.455. The molecule has 0 spiro atoms. The van der Waals surface area contributed by atoms with Crippen LogP contribution >= 0.6 is 7.82 Å². The lowest BCUT2D eigenvalue weighted by molar-refractivity contribution is -0.331. The Balaban J connectivity index is 1.58. The summed E-state index contributed by atoms with van der Waals surface area (Å²) < 4.78 is 48.1. The number of fused-ring (bicyclic) bond motifs is 1. The topological polar surface area (TPSA) is 113 Å². The number of para-hydroxylation sites is 2. The van der Waals surface area contributed by atoms with Gasteiger partial charge in [0.05, 0.1) is 19.8 Å². The van der Waals surface area contributed by atoms with Crippen molar-refractivity contribution in [2.45, 2.75) is 43.5 Å². The number of hydrogen-bond donors (Lipinski definition) is 2. The molecule has 9 nitrogen and oxygen atoms in total. The van der Waals surface area contributed by atoms with Gasteiger partial charge >= 0.3 is 7.82 Å². The zero-order valence-corrected chi connectivity index (χ0v) is 18.7. The molecule has 2 N–H and O–H groups in total. The van der Waals surface area contributed by atoms with E-state index in [1.54, 1.807) is 74.5 Å². The minimum atomic E-state index is -4.20. The molecule has 0 radical (unpaired) electrons. The van der Waals surface area contributed by atoms with E-state index >= 15 is 0 Å². The third-order valence-corrected chi connectivity index (χ3v) is 6.55. The van der Waals surface area contributed by atoms with Gasteiger partial charge < -0.3 is 33.5 Å². The van der Waals surface area contributed by atoms with Crippen molar-refractivity contribution in [3.63, 3.8) is 0 Å². The molecule has 4 atom stereocenters. The molecule has 2 heterocycles. The van der Waals surface area contributed by atoms with Crippen molar-refractivity contribution >= 4 is 7.82 Å². The van der Waals surface area contributed by atoms with E-state index in [0.717, 1.165) is 0 Å². The first-order valence-electron chi connectivity index (χ1n) is 10.3. The number of aliphatic hydroxyl groups is 2. The number of phosphoric ester groups is 1. The predicted molar refractivity (Wildman–Crippen MR) is 113 cm³/mol. The van der Waals surface area contributed by atoms with Gasteiger partial charge in [0.1, 0.15) is 35.4 Å². The lowest BCUT2D eigenvalue weighted by Gasteiger charge is -2.45. The first-order valence-corrected chi connectivity index (χ1v) is 11.7. The second kappa shape index (κ2) is 9.11. The van der Waals surface area contributed by atoms with Crippen LogP contribution in [0.25, 0.3) is 0 Å². The van der Waals surface area contributed by atoms with Crippen LogP contribution in [0.2, 0.25) is 0 Å². The third kappa shape index (κ3) is 5.00. The Morgan fingerprint density at radius 1 is 1.00 bits per heavy atom. The lowest BCUT2D eigenvalue weighted by Crippen LogP contribution is -2.60. The van der Waals surface area contributed by atoms with Crippen LogP contribution in [0.15, 0.2) is 60.7 Å². The zero-order chi connectivity index (χ0) is 22.8. The summed E-state index contributed by atoms with van der Waals surface area (Å²) in [5, 5.41) is 20.2. The van der Waals surface area contributed by atoms with Crippen LogP contribution in [-0.2, 0) is 23.3 Å². The molecule has 2 aromatic carbocycles. The molecule has 32 heavy (non-hydrogen) atoms. The maximum Gasteiger partial charge on any atom is 0.587 e. The van der Waals surface area contributed by atoms with Gasteiger partial charge in [-0.25, -0.2) is 4.57 Å². The number of aliphatic hydroxyl groups excluding tert-OH is 2. The summed E-state index contributed by atoms with van der Waals surface area (Å²) in [4.78, 5) is 0. The average Bonchev–Trinajstić information content (AvgIpc) is 3.05. The summed E-state index contributed by atoms with van der Waals surface area (Å²) in [6.07, 6.45) is -2.92. The highest BCUT2D eigenvalue weighted by molar-refractivity contribution is 7.49. The van der Waals surface area contributed by atoms with Crippen LogP contribution in [0.5, 0.6) is 11.5 Å². The molecular formula is C22H27O9P. The molecule has 174 valence electrons. The molecule has 0 aliphatic carbocycles. The van der Waals surface area contributed by atoms with Crippen molar-refractivity contribution in [3.05, 3.63) is 60.7 Å². The van der Waals surface area contributed by atoms with Gasteiger partial charge in [0.15, 0.2) is 5.79 Å². The Hall–Kier alpha value is -1.97. The van der Waals surface area contributed by atoms with E-state index in [4.69, 9.17) is 27.8 Å². The highest BCUT2D eigenvalue weighted by Gasteiger charge is 2.61. The summed E-state index contributed by atoms with van der Waals surface area (Å²) in [6.45, 7) is 2.63. The average molecular weight is 466 g/mol. The van der Waals surface area contributed by atoms with Crippen LogP contribution in [0.3, 0.4) is 0 Å². The molecule has 4 rings (SSSR count). The Kier molecular flexibility index (Phi) is 6.61. The Morgan fingerprint density at radius 2 is 1.56 bits per heavy atom. The third-order valence-electron chi connectivity index (χ3n) is 5.24.